The maximum Gasteiger partial charge on any atom is 0.268 e. The summed E-state index contributed by atoms with van der Waals surface area (Å²) in [6, 6.07) is 13.4. The van der Waals surface area contributed by atoms with E-state index in [1.54, 1.807) is 14.2 Å². The van der Waals surface area contributed by atoms with Gasteiger partial charge in [-0.05, 0) is 36.8 Å². The van der Waals surface area contributed by atoms with E-state index < -0.39 is 0 Å². The average molecular weight is 380 g/mol. The van der Waals surface area contributed by atoms with Gasteiger partial charge in [0.05, 0.1) is 26.3 Å². The Morgan fingerprint density at radius 1 is 1.21 bits per heavy atom. The summed E-state index contributed by atoms with van der Waals surface area (Å²) in [5, 5.41) is 4.03. The summed E-state index contributed by atoms with van der Waals surface area (Å²) in [4.78, 5) is 13.0. The fourth-order valence-corrected chi connectivity index (χ4v) is 3.68. The number of methoxy groups -OCH3 is 2. The highest BCUT2D eigenvalue weighted by molar-refractivity contribution is 6.00. The molecule has 6 heteroatoms. The van der Waals surface area contributed by atoms with Gasteiger partial charge in [0.15, 0.2) is 0 Å². The third-order valence-electron chi connectivity index (χ3n) is 5.18. The second-order valence-corrected chi connectivity index (χ2v) is 6.84. The third kappa shape index (κ3) is 3.15. The summed E-state index contributed by atoms with van der Waals surface area (Å²) in [7, 11) is 3.23. The van der Waals surface area contributed by atoms with Crippen molar-refractivity contribution in [2.24, 2.45) is 0 Å². The lowest BCUT2D eigenvalue weighted by Crippen LogP contribution is -2.31. The highest BCUT2D eigenvalue weighted by Crippen LogP contribution is 2.34. The zero-order valence-electron chi connectivity index (χ0n) is 16.3. The number of carbonyl (C=O) groups is 1. The Balaban J connectivity index is 1.62. The molecule has 28 heavy (non-hydrogen) atoms. The highest BCUT2D eigenvalue weighted by Gasteiger charge is 2.25. The Labute approximate surface area is 164 Å². The van der Waals surface area contributed by atoms with Crippen molar-refractivity contribution in [1.29, 1.82) is 0 Å². The zero-order chi connectivity index (χ0) is 19.7. The molecule has 6 nitrogen and oxygen atoms in total. The van der Waals surface area contributed by atoms with E-state index in [4.69, 9.17) is 14.2 Å². The summed E-state index contributed by atoms with van der Waals surface area (Å²) in [5.41, 5.74) is 2.49. The van der Waals surface area contributed by atoms with E-state index >= 15 is 0 Å². The number of rotatable bonds is 6. The minimum absolute atomic E-state index is 0.0653. The Morgan fingerprint density at radius 2 is 2.07 bits per heavy atom. The molecule has 3 aromatic rings. The lowest BCUT2D eigenvalue weighted by Gasteiger charge is -2.26. The molecule has 0 unspecified atom stereocenters. The number of ether oxygens (including phenoxy) is 3. The SMILES string of the molecule is CC[C@@H]1Cn2c(C(=O)NCc3cc(OC)ccc3OC)cc3cccc(c32)O1. The van der Waals surface area contributed by atoms with Crippen molar-refractivity contribution < 1.29 is 19.0 Å². The maximum absolute atomic E-state index is 13.0. The molecule has 2 aromatic carbocycles. The van der Waals surface area contributed by atoms with Gasteiger partial charge in [-0.1, -0.05) is 19.1 Å². The molecular formula is C22H24N2O4. The van der Waals surface area contributed by atoms with Gasteiger partial charge in [0.25, 0.3) is 5.91 Å². The van der Waals surface area contributed by atoms with Crippen LogP contribution >= 0.6 is 0 Å². The van der Waals surface area contributed by atoms with E-state index in [0.717, 1.165) is 34.4 Å². The Morgan fingerprint density at radius 3 is 2.82 bits per heavy atom. The van der Waals surface area contributed by atoms with Crippen LogP contribution in [0.2, 0.25) is 0 Å². The van der Waals surface area contributed by atoms with E-state index in [2.05, 4.69) is 16.8 Å². The first-order valence-electron chi connectivity index (χ1n) is 9.42. The van der Waals surface area contributed by atoms with Crippen molar-refractivity contribution in [2.45, 2.75) is 32.5 Å². The van der Waals surface area contributed by atoms with Crippen LogP contribution in [0.1, 0.15) is 29.4 Å². The Kier molecular flexibility index (Phi) is 4.86. The molecular weight excluding hydrogens is 356 g/mol. The number of carbonyl (C=O) groups excluding carboxylic acids is 1. The fourth-order valence-electron chi connectivity index (χ4n) is 3.68. The van der Waals surface area contributed by atoms with E-state index in [9.17, 15) is 4.79 Å². The second-order valence-electron chi connectivity index (χ2n) is 6.84. The number of hydrogen-bond acceptors (Lipinski definition) is 4. The van der Waals surface area contributed by atoms with Crippen molar-refractivity contribution in [3.8, 4) is 17.2 Å². The van der Waals surface area contributed by atoms with Crippen molar-refractivity contribution in [2.75, 3.05) is 14.2 Å². The van der Waals surface area contributed by atoms with Gasteiger partial charge in [-0.3, -0.25) is 4.79 Å². The van der Waals surface area contributed by atoms with Crippen LogP contribution in [0, 0.1) is 0 Å². The van der Waals surface area contributed by atoms with Crippen LogP contribution in [-0.2, 0) is 13.1 Å². The molecule has 1 amide bonds. The number of hydrogen-bond donors (Lipinski definition) is 1. The van der Waals surface area contributed by atoms with Crippen molar-refractivity contribution in [3.63, 3.8) is 0 Å². The van der Waals surface area contributed by atoms with Gasteiger partial charge in [-0.25, -0.2) is 0 Å². The van der Waals surface area contributed by atoms with Crippen LogP contribution in [0.25, 0.3) is 10.9 Å². The molecule has 1 N–H and O–H groups in total. The number of aromatic nitrogens is 1. The molecule has 4 rings (SSSR count). The summed E-state index contributed by atoms with van der Waals surface area (Å²) < 4.78 is 18.8. The van der Waals surface area contributed by atoms with Gasteiger partial charge in [0.1, 0.15) is 29.0 Å². The van der Waals surface area contributed by atoms with Crippen LogP contribution in [-0.4, -0.2) is 30.8 Å². The molecule has 0 saturated heterocycles. The van der Waals surface area contributed by atoms with Crippen LogP contribution < -0.4 is 19.5 Å². The molecule has 2 heterocycles. The molecule has 0 aliphatic carbocycles. The second kappa shape index (κ2) is 7.46. The largest absolute Gasteiger partial charge is 0.497 e. The first kappa shape index (κ1) is 18.2. The third-order valence-corrected chi connectivity index (χ3v) is 5.18. The molecule has 0 bridgehead atoms. The van der Waals surface area contributed by atoms with Crippen molar-refractivity contribution in [3.05, 3.63) is 53.7 Å². The van der Waals surface area contributed by atoms with E-state index in [1.165, 1.54) is 0 Å². The zero-order valence-corrected chi connectivity index (χ0v) is 16.3. The van der Waals surface area contributed by atoms with E-state index in [-0.39, 0.29) is 12.0 Å². The molecule has 1 aliphatic heterocycles. The first-order valence-corrected chi connectivity index (χ1v) is 9.42. The minimum Gasteiger partial charge on any atom is -0.497 e. The number of para-hydroxylation sites is 1. The number of nitrogens with zero attached hydrogens (tertiary/aromatic N) is 1. The highest BCUT2D eigenvalue weighted by atomic mass is 16.5. The lowest BCUT2D eigenvalue weighted by molar-refractivity contribution is 0.0935. The normalized spacial score (nSPS) is 15.2. The lowest BCUT2D eigenvalue weighted by atomic mass is 10.2. The predicted octanol–water partition coefficient (Wildman–Crippen LogP) is 3.76. The Hall–Kier alpha value is -3.15. The van der Waals surface area contributed by atoms with E-state index in [1.807, 2.05) is 42.5 Å². The Bertz CT molecular complexity index is 1020. The molecule has 1 aromatic heterocycles. The predicted molar refractivity (Wildman–Crippen MR) is 107 cm³/mol. The van der Waals surface area contributed by atoms with Crippen LogP contribution in [0.4, 0.5) is 0 Å². The van der Waals surface area contributed by atoms with Crippen molar-refractivity contribution >= 4 is 16.8 Å². The molecule has 1 aliphatic rings. The van der Waals surface area contributed by atoms with Crippen LogP contribution in [0.15, 0.2) is 42.5 Å². The minimum atomic E-state index is -0.122. The van der Waals surface area contributed by atoms with Crippen LogP contribution in [0.3, 0.4) is 0 Å². The topological polar surface area (TPSA) is 61.7 Å². The van der Waals surface area contributed by atoms with Crippen LogP contribution in [0.5, 0.6) is 17.2 Å². The molecule has 146 valence electrons. The fraction of sp³-hybridized carbons (Fsp3) is 0.318. The summed E-state index contributed by atoms with van der Waals surface area (Å²) in [6.45, 7) is 3.11. The molecule has 0 spiro atoms. The standard InChI is InChI=1S/C22H24N2O4/c1-4-16-13-24-18(11-14-6-5-7-20(28-16)21(14)24)22(25)23-12-15-10-17(26-2)8-9-19(15)27-3/h5-11,16H,4,12-13H2,1-3H3,(H,23,25)/t16-/m1/s1. The number of benzene rings is 2. The monoisotopic (exact) mass is 380 g/mol. The van der Waals surface area contributed by atoms with Gasteiger partial charge in [-0.15, -0.1) is 0 Å². The average Bonchev–Trinajstić information content (AvgIpc) is 3.11. The first-order chi connectivity index (χ1) is 13.6. The molecule has 0 saturated carbocycles. The smallest absolute Gasteiger partial charge is 0.268 e. The van der Waals surface area contributed by atoms with E-state index in [0.29, 0.717) is 24.5 Å². The van der Waals surface area contributed by atoms with Gasteiger partial charge >= 0.3 is 0 Å². The number of amides is 1. The maximum atomic E-state index is 13.0. The summed E-state index contributed by atoms with van der Waals surface area (Å²) in [6.07, 6.45) is 0.950. The van der Waals surface area contributed by atoms with Crippen molar-refractivity contribution in [1.82, 2.24) is 9.88 Å². The van der Waals surface area contributed by atoms with Gasteiger partial charge in [0.2, 0.25) is 0 Å². The van der Waals surface area contributed by atoms with Gasteiger partial charge in [0, 0.05) is 17.5 Å². The van der Waals surface area contributed by atoms with Gasteiger partial charge in [-0.2, -0.15) is 0 Å². The molecule has 0 fully saturated rings. The summed E-state index contributed by atoms with van der Waals surface area (Å²) in [5.74, 6) is 2.15. The van der Waals surface area contributed by atoms with Gasteiger partial charge < -0.3 is 24.1 Å². The quantitative estimate of drug-likeness (QED) is 0.707. The summed E-state index contributed by atoms with van der Waals surface area (Å²) >= 11 is 0. The molecule has 1 atom stereocenters. The number of nitrogens with one attached hydrogen (secondary N) is 1. The molecule has 0 radical (unpaired) electrons.